The molecule has 1 N–H and O–H groups in total. The van der Waals surface area contributed by atoms with Crippen LogP contribution in [0.4, 0.5) is 0 Å². The molecule has 2 aromatic carbocycles. The van der Waals surface area contributed by atoms with Crippen LogP contribution in [0.25, 0.3) is 11.0 Å². The number of aromatic nitrogens is 2. The Bertz CT molecular complexity index is 1160. The highest BCUT2D eigenvalue weighted by atomic mass is 16.6. The molecule has 0 amide bonds. The van der Waals surface area contributed by atoms with Crippen molar-refractivity contribution in [3.05, 3.63) is 59.7 Å². The second-order valence-corrected chi connectivity index (χ2v) is 7.91. The fourth-order valence-corrected chi connectivity index (χ4v) is 4.10. The van der Waals surface area contributed by atoms with Crippen LogP contribution in [0.2, 0.25) is 0 Å². The van der Waals surface area contributed by atoms with Gasteiger partial charge in [0.15, 0.2) is 12.4 Å². The Morgan fingerprint density at radius 2 is 1.59 bits per heavy atom. The number of esters is 1. The Labute approximate surface area is 186 Å². The third kappa shape index (κ3) is 4.75. The van der Waals surface area contributed by atoms with Crippen LogP contribution < -0.4 is 10.4 Å². The molecule has 0 bridgehead atoms. The number of nitrogens with zero attached hydrogens (tertiary/aromatic N) is 3. The minimum absolute atomic E-state index is 0.0818. The molecule has 1 aliphatic rings. The Morgan fingerprint density at radius 3 is 2.25 bits per heavy atom. The van der Waals surface area contributed by atoms with Crippen LogP contribution in [-0.2, 0) is 22.6 Å². The Balaban J connectivity index is 1.51. The first kappa shape index (κ1) is 21.8. The van der Waals surface area contributed by atoms with Gasteiger partial charge in [0.25, 0.3) is 0 Å². The van der Waals surface area contributed by atoms with Gasteiger partial charge in [-0.2, -0.15) is 0 Å². The lowest BCUT2D eigenvalue weighted by Gasteiger charge is -2.15. The zero-order chi connectivity index (χ0) is 22.5. The first-order valence-corrected chi connectivity index (χ1v) is 10.8. The molecule has 1 saturated heterocycles. The molecule has 168 valence electrons. The van der Waals surface area contributed by atoms with E-state index in [1.807, 2.05) is 28.8 Å². The number of fused-ring (bicyclic) bond motifs is 1. The van der Waals surface area contributed by atoms with E-state index >= 15 is 0 Å². The van der Waals surface area contributed by atoms with Gasteiger partial charge in [-0.05, 0) is 62.3 Å². The molecule has 1 aliphatic heterocycles. The fourth-order valence-electron chi connectivity index (χ4n) is 4.10. The van der Waals surface area contributed by atoms with Crippen LogP contribution in [0.15, 0.2) is 48.5 Å². The molecule has 0 spiro atoms. The maximum Gasteiger partial charge on any atom is 0.343 e. The lowest BCUT2D eigenvalue weighted by molar-refractivity contribution is -0.142. The number of hydrogen-bond donors (Lipinski definition) is 1. The number of Topliss-reactive ketones (excluding diaryl/α,β-unsaturated/α-hetero) is 1. The number of ketones is 1. The van der Waals surface area contributed by atoms with Crippen LogP contribution in [0.1, 0.15) is 23.2 Å². The number of likely N-dealkylation sites (tertiary alicyclic amines) is 1. The SMILES string of the molecule is COC(=O)COc1ccc(C(=O)Cn2c(=N)n(CCN3CCCC3)c3ccccc32)cc1. The van der Waals surface area contributed by atoms with Gasteiger partial charge in [-0.15, -0.1) is 0 Å². The summed E-state index contributed by atoms with van der Waals surface area (Å²) in [6.45, 7) is 3.77. The number of para-hydroxylation sites is 2. The van der Waals surface area contributed by atoms with Crippen molar-refractivity contribution in [2.75, 3.05) is 33.4 Å². The maximum absolute atomic E-state index is 13.0. The normalized spacial score (nSPS) is 14.0. The first-order valence-electron chi connectivity index (χ1n) is 10.8. The fraction of sp³-hybridized carbons (Fsp3) is 0.375. The van der Waals surface area contributed by atoms with Gasteiger partial charge in [0.1, 0.15) is 5.75 Å². The van der Waals surface area contributed by atoms with E-state index in [1.165, 1.54) is 20.0 Å². The predicted octanol–water partition coefficient (Wildman–Crippen LogP) is 2.45. The van der Waals surface area contributed by atoms with Crippen molar-refractivity contribution < 1.29 is 19.1 Å². The highest BCUT2D eigenvalue weighted by Gasteiger charge is 2.17. The van der Waals surface area contributed by atoms with E-state index in [9.17, 15) is 9.59 Å². The van der Waals surface area contributed by atoms with Crippen LogP contribution in [0.3, 0.4) is 0 Å². The number of ether oxygens (including phenoxy) is 2. The van der Waals surface area contributed by atoms with Crippen molar-refractivity contribution in [3.8, 4) is 5.75 Å². The number of rotatable bonds is 9. The van der Waals surface area contributed by atoms with Crippen molar-refractivity contribution in [2.45, 2.75) is 25.9 Å². The molecule has 0 atom stereocenters. The predicted molar refractivity (Wildman–Crippen MR) is 120 cm³/mol. The molecular formula is C24H28N4O4. The number of benzene rings is 2. The zero-order valence-corrected chi connectivity index (χ0v) is 18.3. The van der Waals surface area contributed by atoms with Gasteiger partial charge in [-0.25, -0.2) is 4.79 Å². The molecule has 2 heterocycles. The van der Waals surface area contributed by atoms with Gasteiger partial charge in [0, 0.05) is 18.7 Å². The van der Waals surface area contributed by atoms with Crippen LogP contribution in [0.5, 0.6) is 5.75 Å². The van der Waals surface area contributed by atoms with Crippen molar-refractivity contribution >= 4 is 22.8 Å². The van der Waals surface area contributed by atoms with Crippen LogP contribution in [0, 0.1) is 5.41 Å². The number of methoxy groups -OCH3 is 1. The minimum Gasteiger partial charge on any atom is -0.482 e. The van der Waals surface area contributed by atoms with Gasteiger partial charge in [-0.1, -0.05) is 12.1 Å². The molecular weight excluding hydrogens is 408 g/mol. The third-order valence-electron chi connectivity index (χ3n) is 5.88. The van der Waals surface area contributed by atoms with E-state index in [1.54, 1.807) is 28.8 Å². The maximum atomic E-state index is 13.0. The summed E-state index contributed by atoms with van der Waals surface area (Å²) in [5.74, 6) is -0.0737. The summed E-state index contributed by atoms with van der Waals surface area (Å²) in [6.07, 6.45) is 2.47. The largest absolute Gasteiger partial charge is 0.482 e. The van der Waals surface area contributed by atoms with Crippen molar-refractivity contribution in [3.63, 3.8) is 0 Å². The summed E-state index contributed by atoms with van der Waals surface area (Å²) in [7, 11) is 1.30. The molecule has 1 fully saturated rings. The van der Waals surface area contributed by atoms with E-state index in [0.29, 0.717) is 16.9 Å². The molecule has 0 unspecified atom stereocenters. The van der Waals surface area contributed by atoms with E-state index in [-0.39, 0.29) is 18.9 Å². The van der Waals surface area contributed by atoms with Crippen molar-refractivity contribution in [1.82, 2.24) is 14.0 Å². The molecule has 32 heavy (non-hydrogen) atoms. The topological polar surface area (TPSA) is 89.5 Å². The van der Waals surface area contributed by atoms with Crippen molar-refractivity contribution in [2.24, 2.45) is 0 Å². The Morgan fingerprint density at radius 1 is 0.938 bits per heavy atom. The molecule has 4 rings (SSSR count). The summed E-state index contributed by atoms with van der Waals surface area (Å²) >= 11 is 0. The minimum atomic E-state index is -0.467. The van der Waals surface area contributed by atoms with Crippen LogP contribution in [-0.4, -0.2) is 59.1 Å². The summed E-state index contributed by atoms with van der Waals surface area (Å²) in [6, 6.07) is 14.5. The van der Waals surface area contributed by atoms with Gasteiger partial charge >= 0.3 is 5.97 Å². The van der Waals surface area contributed by atoms with E-state index in [2.05, 4.69) is 9.64 Å². The average molecular weight is 437 g/mol. The van der Waals surface area contributed by atoms with Crippen molar-refractivity contribution in [1.29, 1.82) is 5.41 Å². The van der Waals surface area contributed by atoms with Gasteiger partial charge in [-0.3, -0.25) is 10.2 Å². The molecule has 0 saturated carbocycles. The lowest BCUT2D eigenvalue weighted by atomic mass is 10.1. The monoisotopic (exact) mass is 436 g/mol. The second-order valence-electron chi connectivity index (χ2n) is 7.91. The smallest absolute Gasteiger partial charge is 0.343 e. The number of carbonyl (C=O) groups is 2. The molecule has 0 radical (unpaired) electrons. The number of nitrogens with one attached hydrogen (secondary N) is 1. The average Bonchev–Trinajstić information content (AvgIpc) is 3.43. The number of hydrogen-bond acceptors (Lipinski definition) is 6. The first-order chi connectivity index (χ1) is 15.6. The second kappa shape index (κ2) is 9.82. The summed E-state index contributed by atoms with van der Waals surface area (Å²) in [5, 5.41) is 8.74. The van der Waals surface area contributed by atoms with Gasteiger partial charge in [0.2, 0.25) is 5.62 Å². The highest BCUT2D eigenvalue weighted by molar-refractivity contribution is 5.96. The molecule has 3 aromatic rings. The highest BCUT2D eigenvalue weighted by Crippen LogP contribution is 2.17. The molecule has 8 heteroatoms. The van der Waals surface area contributed by atoms with E-state index < -0.39 is 5.97 Å². The Kier molecular flexibility index (Phi) is 6.70. The lowest BCUT2D eigenvalue weighted by Crippen LogP contribution is -2.31. The quantitative estimate of drug-likeness (QED) is 0.411. The molecule has 1 aromatic heterocycles. The summed E-state index contributed by atoms with van der Waals surface area (Å²) < 4.78 is 13.6. The molecule has 8 nitrogen and oxygen atoms in total. The van der Waals surface area contributed by atoms with Gasteiger partial charge in [0.05, 0.1) is 24.7 Å². The van der Waals surface area contributed by atoms with Crippen LogP contribution >= 0.6 is 0 Å². The van der Waals surface area contributed by atoms with E-state index in [0.717, 1.165) is 37.2 Å². The Hall–Kier alpha value is -3.39. The van der Waals surface area contributed by atoms with Gasteiger partial charge < -0.3 is 23.5 Å². The standard InChI is InChI=1S/C24H28N4O4/c1-31-23(30)17-32-19-10-8-18(9-11-19)22(29)16-28-21-7-3-2-6-20(21)27(24(28)25)15-14-26-12-4-5-13-26/h2-3,6-11,25H,4-5,12-17H2,1H3. The number of carbonyl (C=O) groups excluding carboxylic acids is 2. The molecule has 0 aliphatic carbocycles. The summed E-state index contributed by atoms with van der Waals surface area (Å²) in [4.78, 5) is 26.6. The summed E-state index contributed by atoms with van der Waals surface area (Å²) in [5.41, 5.74) is 2.70. The zero-order valence-electron chi connectivity index (χ0n) is 18.3. The third-order valence-corrected chi connectivity index (χ3v) is 5.88. The number of imidazole rings is 1. The van der Waals surface area contributed by atoms with E-state index in [4.69, 9.17) is 10.1 Å².